The Labute approximate surface area is 151 Å². The molecule has 2 rings (SSSR count). The van der Waals surface area contributed by atoms with Crippen LogP contribution in [0.3, 0.4) is 0 Å². The molecule has 26 heavy (non-hydrogen) atoms. The molecule has 0 heterocycles. The van der Waals surface area contributed by atoms with Crippen molar-refractivity contribution in [2.24, 2.45) is 0 Å². The minimum Gasteiger partial charge on any atom is -0.502 e. The second-order valence-electron chi connectivity index (χ2n) is 4.95. The van der Waals surface area contributed by atoms with Gasteiger partial charge in [0.1, 0.15) is 5.75 Å². The summed E-state index contributed by atoms with van der Waals surface area (Å²) in [7, 11) is 1.31. The monoisotopic (exact) mass is 381 g/mol. The molecule has 136 valence electrons. The van der Waals surface area contributed by atoms with Crippen molar-refractivity contribution in [3.8, 4) is 11.5 Å². The molecule has 0 saturated heterocycles. The van der Waals surface area contributed by atoms with E-state index in [4.69, 9.17) is 4.74 Å². The lowest BCUT2D eigenvalue weighted by atomic mass is 10.1. The highest BCUT2D eigenvalue weighted by Crippen LogP contribution is 2.34. The van der Waals surface area contributed by atoms with Crippen LogP contribution in [0.5, 0.6) is 11.5 Å². The number of carbonyl (C=O) groups is 1. The molecule has 0 saturated carbocycles. The van der Waals surface area contributed by atoms with Crippen molar-refractivity contribution in [1.29, 1.82) is 0 Å². The number of hydrogen-bond donors (Lipinski definition) is 1. The van der Waals surface area contributed by atoms with Crippen molar-refractivity contribution in [3.63, 3.8) is 0 Å². The zero-order valence-corrected chi connectivity index (χ0v) is 14.2. The second kappa shape index (κ2) is 8.43. The normalized spacial score (nSPS) is 11.1. The molecule has 0 aromatic heterocycles. The summed E-state index contributed by atoms with van der Waals surface area (Å²) in [6.45, 7) is 0. The summed E-state index contributed by atoms with van der Waals surface area (Å²) in [4.78, 5) is 22.5. The fourth-order valence-corrected chi connectivity index (χ4v) is 2.67. The molecule has 0 fully saturated rings. The molecule has 0 aliphatic carbocycles. The van der Waals surface area contributed by atoms with Crippen molar-refractivity contribution < 1.29 is 28.3 Å². The molecule has 9 heteroatoms. The molecule has 2 aromatic rings. The van der Waals surface area contributed by atoms with Crippen LogP contribution >= 0.6 is 11.8 Å². The van der Waals surface area contributed by atoms with E-state index in [-0.39, 0.29) is 16.2 Å². The molecule has 0 atom stereocenters. The number of hydrogen-bond acceptors (Lipinski definition) is 6. The largest absolute Gasteiger partial charge is 0.502 e. The van der Waals surface area contributed by atoms with Crippen LogP contribution < -0.4 is 4.74 Å². The van der Waals surface area contributed by atoms with E-state index in [1.54, 1.807) is 0 Å². The van der Waals surface area contributed by atoms with E-state index in [0.29, 0.717) is 17.3 Å². The van der Waals surface area contributed by atoms with E-state index in [2.05, 4.69) is 0 Å². The molecule has 1 N–H and O–H groups in total. The summed E-state index contributed by atoms with van der Waals surface area (Å²) >= 11 is 0.311. The highest BCUT2D eigenvalue weighted by atomic mass is 32.2. The van der Waals surface area contributed by atoms with Crippen molar-refractivity contribution in [2.75, 3.05) is 7.11 Å². The molecule has 0 spiro atoms. The molecule has 0 aliphatic heterocycles. The average Bonchev–Trinajstić information content (AvgIpc) is 2.60. The van der Waals surface area contributed by atoms with Crippen LogP contribution in [0.4, 0.5) is 14.5 Å². The number of phenols is 1. The van der Waals surface area contributed by atoms with Crippen LogP contribution in [0, 0.1) is 10.1 Å². The number of halogens is 2. The maximum absolute atomic E-state index is 12.5. The van der Waals surface area contributed by atoms with Crippen LogP contribution in [-0.4, -0.2) is 28.7 Å². The first-order valence-corrected chi connectivity index (χ1v) is 8.02. The number of benzene rings is 2. The minimum atomic E-state index is -2.62. The maximum Gasteiger partial charge on any atom is 0.311 e. The number of phenolic OH excluding ortho intramolecular Hbond substituents is 1. The second-order valence-corrected chi connectivity index (χ2v) is 5.98. The Morgan fingerprint density at radius 1 is 1.31 bits per heavy atom. The van der Waals surface area contributed by atoms with Gasteiger partial charge >= 0.3 is 5.69 Å². The van der Waals surface area contributed by atoms with Crippen LogP contribution in [0.25, 0.3) is 6.08 Å². The number of carbonyl (C=O) groups excluding carboxylic acids is 1. The molecular weight excluding hydrogens is 368 g/mol. The molecule has 2 aromatic carbocycles. The summed E-state index contributed by atoms with van der Waals surface area (Å²) in [6.07, 6.45) is 2.54. The number of nitro benzene ring substituents is 1. The summed E-state index contributed by atoms with van der Waals surface area (Å²) < 4.78 is 30.0. The van der Waals surface area contributed by atoms with E-state index < -0.39 is 27.9 Å². The van der Waals surface area contributed by atoms with Gasteiger partial charge in [0.2, 0.25) is 0 Å². The molecule has 0 bridgehead atoms. The minimum absolute atomic E-state index is 0.148. The van der Waals surface area contributed by atoms with Gasteiger partial charge in [0.05, 0.1) is 16.9 Å². The number of nitrogens with zero attached hydrogens (tertiary/aromatic N) is 1. The van der Waals surface area contributed by atoms with Crippen LogP contribution in [0.15, 0.2) is 47.4 Å². The number of ether oxygens (including phenoxy) is 1. The van der Waals surface area contributed by atoms with Gasteiger partial charge in [-0.1, -0.05) is 23.9 Å². The van der Waals surface area contributed by atoms with E-state index in [0.717, 1.165) is 12.1 Å². The number of nitro groups is 1. The van der Waals surface area contributed by atoms with Crippen molar-refractivity contribution >= 4 is 29.3 Å². The Hall–Kier alpha value is -2.94. The van der Waals surface area contributed by atoms with E-state index in [9.17, 15) is 28.8 Å². The molecule has 0 amide bonds. The average molecular weight is 381 g/mol. The maximum atomic E-state index is 12.5. The highest BCUT2D eigenvalue weighted by molar-refractivity contribution is 7.99. The summed E-state index contributed by atoms with van der Waals surface area (Å²) in [5.41, 5.74) is 0.0827. The van der Waals surface area contributed by atoms with Crippen molar-refractivity contribution in [1.82, 2.24) is 0 Å². The Morgan fingerprint density at radius 3 is 2.65 bits per heavy atom. The first-order valence-electron chi connectivity index (χ1n) is 7.14. The van der Waals surface area contributed by atoms with Gasteiger partial charge in [-0.3, -0.25) is 14.9 Å². The Kier molecular flexibility index (Phi) is 6.29. The zero-order valence-electron chi connectivity index (χ0n) is 13.4. The van der Waals surface area contributed by atoms with Crippen LogP contribution in [0.2, 0.25) is 0 Å². The first-order chi connectivity index (χ1) is 12.3. The number of ketones is 1. The standard InChI is InChI=1S/C17H13F2NO5S/c1-25-15-9-11(4-7-16(15)26-17(18)19)13(21)5-2-10-3-6-14(22)12(8-10)20(23)24/h2-9,17,22H,1H3. The number of alkyl halides is 2. The van der Waals surface area contributed by atoms with Gasteiger partial charge < -0.3 is 9.84 Å². The highest BCUT2D eigenvalue weighted by Gasteiger charge is 2.14. The summed E-state index contributed by atoms with van der Waals surface area (Å²) in [5, 5.41) is 20.2. The zero-order chi connectivity index (χ0) is 19.3. The summed E-state index contributed by atoms with van der Waals surface area (Å²) in [6, 6.07) is 7.79. The van der Waals surface area contributed by atoms with E-state index in [1.807, 2.05) is 0 Å². The van der Waals surface area contributed by atoms with Crippen molar-refractivity contribution in [3.05, 3.63) is 63.7 Å². The number of allylic oxidation sites excluding steroid dienone is 1. The quantitative estimate of drug-likeness (QED) is 0.249. The van der Waals surface area contributed by atoms with Crippen molar-refractivity contribution in [2.45, 2.75) is 10.7 Å². The lowest BCUT2D eigenvalue weighted by molar-refractivity contribution is -0.385. The first kappa shape index (κ1) is 19.4. The van der Waals surface area contributed by atoms with Crippen LogP contribution in [0.1, 0.15) is 15.9 Å². The van der Waals surface area contributed by atoms with Gasteiger partial charge in [0.25, 0.3) is 5.76 Å². The Bertz CT molecular complexity index is 870. The third-order valence-electron chi connectivity index (χ3n) is 3.29. The SMILES string of the molecule is COc1cc(C(=O)C=Cc2ccc(O)c([N+](=O)[O-])c2)ccc1SC(F)F. The number of methoxy groups -OCH3 is 1. The smallest absolute Gasteiger partial charge is 0.311 e. The van der Waals surface area contributed by atoms with Gasteiger partial charge in [0, 0.05) is 11.6 Å². The third kappa shape index (κ3) is 4.79. The lowest BCUT2D eigenvalue weighted by Crippen LogP contribution is -1.97. The number of thioether (sulfide) groups is 1. The molecule has 0 aliphatic rings. The van der Waals surface area contributed by atoms with Gasteiger partial charge in [-0.05, 0) is 35.9 Å². The van der Waals surface area contributed by atoms with Crippen LogP contribution in [-0.2, 0) is 0 Å². The number of aromatic hydroxyl groups is 1. The topological polar surface area (TPSA) is 89.7 Å². The fraction of sp³-hybridized carbons (Fsp3) is 0.118. The molecule has 0 radical (unpaired) electrons. The third-order valence-corrected chi connectivity index (χ3v) is 4.06. The van der Waals surface area contributed by atoms with E-state index >= 15 is 0 Å². The molecular formula is C17H13F2NO5S. The predicted molar refractivity (Wildman–Crippen MR) is 93.0 cm³/mol. The Balaban J connectivity index is 2.23. The fourth-order valence-electron chi connectivity index (χ4n) is 2.07. The molecule has 0 unspecified atom stereocenters. The van der Waals surface area contributed by atoms with E-state index in [1.165, 1.54) is 43.5 Å². The van der Waals surface area contributed by atoms with Gasteiger partial charge in [-0.25, -0.2) is 0 Å². The summed E-state index contributed by atoms with van der Waals surface area (Å²) in [5.74, 6) is -3.38. The molecule has 6 nitrogen and oxygen atoms in total. The number of rotatable bonds is 7. The lowest BCUT2D eigenvalue weighted by Gasteiger charge is -2.08. The van der Waals surface area contributed by atoms with Gasteiger partial charge in [-0.2, -0.15) is 8.78 Å². The Morgan fingerprint density at radius 2 is 2.04 bits per heavy atom. The van der Waals surface area contributed by atoms with Gasteiger partial charge in [0.15, 0.2) is 11.5 Å². The van der Waals surface area contributed by atoms with Gasteiger partial charge in [-0.15, -0.1) is 0 Å². The predicted octanol–water partition coefficient (Wildman–Crippen LogP) is 4.52.